The summed E-state index contributed by atoms with van der Waals surface area (Å²) in [6.07, 6.45) is 2.76. The fraction of sp³-hybridized carbons (Fsp3) is 0.500. The molecule has 0 aliphatic heterocycles. The van der Waals surface area contributed by atoms with E-state index in [1.807, 2.05) is 17.7 Å². The van der Waals surface area contributed by atoms with Crippen LogP contribution in [0.1, 0.15) is 12.6 Å². The smallest absolute Gasteiger partial charge is 0.113 e. The molecule has 0 saturated carbocycles. The molecule has 0 atom stereocenters. The Bertz CT molecular complexity index is 167. The molecule has 43 valence electrons. The van der Waals surface area contributed by atoms with Crippen molar-refractivity contribution in [3.63, 3.8) is 0 Å². The van der Waals surface area contributed by atoms with Gasteiger partial charge in [-0.25, -0.2) is 0 Å². The van der Waals surface area contributed by atoms with Gasteiger partial charge in [-0.3, -0.25) is 4.68 Å². The van der Waals surface area contributed by atoms with E-state index in [2.05, 4.69) is 18.2 Å². The van der Waals surface area contributed by atoms with E-state index < -0.39 is 0 Å². The first-order valence-electron chi connectivity index (χ1n) is 2.75. The summed E-state index contributed by atoms with van der Waals surface area (Å²) in [7, 11) is 0. The van der Waals surface area contributed by atoms with Gasteiger partial charge in [-0.2, -0.15) is 5.10 Å². The second kappa shape index (κ2) is 1.99. The molecule has 0 amide bonds. The Kier molecular flexibility index (Phi) is 1.33. The highest BCUT2D eigenvalue weighted by molar-refractivity contribution is 4.94. The second-order valence-electron chi connectivity index (χ2n) is 1.73. The molecule has 0 spiro atoms. The van der Waals surface area contributed by atoms with Gasteiger partial charge in [0, 0.05) is 12.2 Å². The van der Waals surface area contributed by atoms with Crippen molar-refractivity contribution >= 4 is 0 Å². The van der Waals surface area contributed by atoms with E-state index in [1.165, 1.54) is 5.69 Å². The molecule has 0 aliphatic rings. The highest BCUT2D eigenvalue weighted by Gasteiger charge is 1.89. The van der Waals surface area contributed by atoms with Crippen LogP contribution in [0.15, 0.2) is 6.07 Å². The maximum absolute atomic E-state index is 3.93. The van der Waals surface area contributed by atoms with Crippen LogP contribution in [0.2, 0.25) is 0 Å². The first-order valence-corrected chi connectivity index (χ1v) is 2.75. The zero-order chi connectivity index (χ0) is 5.98. The third-order valence-corrected chi connectivity index (χ3v) is 1.16. The summed E-state index contributed by atoms with van der Waals surface area (Å²) in [5.41, 5.74) is 1.17. The van der Waals surface area contributed by atoms with Gasteiger partial charge in [-0.15, -0.1) is 0 Å². The monoisotopic (exact) mass is 109 g/mol. The molecule has 0 bridgehead atoms. The van der Waals surface area contributed by atoms with E-state index in [0.29, 0.717) is 0 Å². The Morgan fingerprint density at radius 1 is 1.88 bits per heavy atom. The van der Waals surface area contributed by atoms with E-state index in [-0.39, 0.29) is 0 Å². The first kappa shape index (κ1) is 5.35. The van der Waals surface area contributed by atoms with E-state index in [1.54, 1.807) is 0 Å². The van der Waals surface area contributed by atoms with Gasteiger partial charge in [0.25, 0.3) is 0 Å². The summed E-state index contributed by atoms with van der Waals surface area (Å²) < 4.78 is 1.90. The molecular weight excluding hydrogens is 100 g/mol. The lowest BCUT2D eigenvalue weighted by Gasteiger charge is -1.94. The van der Waals surface area contributed by atoms with Crippen LogP contribution in [0.5, 0.6) is 0 Å². The molecule has 1 radical (unpaired) electrons. The number of aromatic nitrogens is 2. The standard InChI is InChI=1S/C6H9N2/c1-3-8-6(2)4-5-7-8/h4H,3H2,1-2H3. The predicted molar refractivity (Wildman–Crippen MR) is 31.5 cm³/mol. The van der Waals surface area contributed by atoms with E-state index in [0.717, 1.165) is 6.54 Å². The lowest BCUT2D eigenvalue weighted by molar-refractivity contribution is 0.638. The fourth-order valence-corrected chi connectivity index (χ4v) is 0.665. The van der Waals surface area contributed by atoms with Gasteiger partial charge in [0.1, 0.15) is 6.20 Å². The Morgan fingerprint density at radius 3 is 2.88 bits per heavy atom. The summed E-state index contributed by atoms with van der Waals surface area (Å²) >= 11 is 0. The Hall–Kier alpha value is -0.790. The second-order valence-corrected chi connectivity index (χ2v) is 1.73. The van der Waals surface area contributed by atoms with Gasteiger partial charge < -0.3 is 0 Å². The van der Waals surface area contributed by atoms with Crippen molar-refractivity contribution in [2.45, 2.75) is 20.4 Å². The van der Waals surface area contributed by atoms with Crippen molar-refractivity contribution in [1.82, 2.24) is 9.78 Å². The minimum absolute atomic E-state index is 0.940. The van der Waals surface area contributed by atoms with E-state index in [9.17, 15) is 0 Å². The summed E-state index contributed by atoms with van der Waals surface area (Å²) in [5, 5.41) is 3.93. The van der Waals surface area contributed by atoms with Crippen LogP contribution in [0, 0.1) is 13.1 Å². The highest BCUT2D eigenvalue weighted by atomic mass is 15.3. The number of aryl methyl sites for hydroxylation is 2. The zero-order valence-electron chi connectivity index (χ0n) is 5.18. The first-order chi connectivity index (χ1) is 3.84. The van der Waals surface area contributed by atoms with Crippen molar-refractivity contribution in [1.29, 1.82) is 0 Å². The molecule has 2 nitrogen and oxygen atoms in total. The van der Waals surface area contributed by atoms with Crippen molar-refractivity contribution in [2.75, 3.05) is 0 Å². The fourth-order valence-electron chi connectivity index (χ4n) is 0.665. The van der Waals surface area contributed by atoms with Gasteiger partial charge in [0.05, 0.1) is 0 Å². The Labute approximate surface area is 49.1 Å². The van der Waals surface area contributed by atoms with Crippen LogP contribution in [0.4, 0.5) is 0 Å². The van der Waals surface area contributed by atoms with Crippen LogP contribution in [0.3, 0.4) is 0 Å². The molecule has 1 rings (SSSR count). The maximum Gasteiger partial charge on any atom is 0.113 e. The number of rotatable bonds is 1. The summed E-state index contributed by atoms with van der Waals surface area (Å²) in [4.78, 5) is 0. The number of hydrogen-bond acceptors (Lipinski definition) is 1. The quantitative estimate of drug-likeness (QED) is 0.526. The minimum Gasteiger partial charge on any atom is -0.269 e. The van der Waals surface area contributed by atoms with Gasteiger partial charge in [-0.1, -0.05) is 0 Å². The molecule has 0 unspecified atom stereocenters. The summed E-state index contributed by atoms with van der Waals surface area (Å²) in [6.45, 7) is 5.02. The van der Waals surface area contributed by atoms with Crippen LogP contribution in [0.25, 0.3) is 0 Å². The molecule has 0 fully saturated rings. The van der Waals surface area contributed by atoms with Crippen molar-refractivity contribution < 1.29 is 0 Å². The molecule has 1 heterocycles. The topological polar surface area (TPSA) is 17.8 Å². The Morgan fingerprint density at radius 2 is 2.62 bits per heavy atom. The van der Waals surface area contributed by atoms with E-state index in [4.69, 9.17) is 0 Å². The molecule has 1 aromatic rings. The number of hydrogen-bond donors (Lipinski definition) is 0. The predicted octanol–water partition coefficient (Wildman–Crippen LogP) is 1.01. The molecular formula is C6H9N2. The average Bonchev–Trinajstić information content (AvgIpc) is 2.14. The van der Waals surface area contributed by atoms with Crippen LogP contribution < -0.4 is 0 Å². The van der Waals surface area contributed by atoms with Crippen molar-refractivity contribution in [3.8, 4) is 0 Å². The SMILES string of the molecule is CCn1n[c]cc1C. The molecule has 0 aliphatic carbocycles. The van der Waals surface area contributed by atoms with Crippen LogP contribution in [-0.2, 0) is 6.54 Å². The van der Waals surface area contributed by atoms with Crippen molar-refractivity contribution in [3.05, 3.63) is 18.0 Å². The largest absolute Gasteiger partial charge is 0.269 e. The molecule has 2 heteroatoms. The lowest BCUT2D eigenvalue weighted by atomic mass is 10.5. The van der Waals surface area contributed by atoms with Gasteiger partial charge in [-0.05, 0) is 19.9 Å². The minimum atomic E-state index is 0.940. The summed E-state index contributed by atoms with van der Waals surface area (Å²) in [5.74, 6) is 0. The molecule has 1 aromatic heterocycles. The number of nitrogens with zero attached hydrogens (tertiary/aromatic N) is 2. The summed E-state index contributed by atoms with van der Waals surface area (Å²) in [6, 6.07) is 1.88. The lowest BCUT2D eigenvalue weighted by Crippen LogP contribution is -1.97. The molecule has 0 saturated heterocycles. The zero-order valence-corrected chi connectivity index (χ0v) is 5.18. The highest BCUT2D eigenvalue weighted by Crippen LogP contribution is 1.92. The molecule has 0 N–H and O–H groups in total. The Balaban J connectivity index is 2.92. The average molecular weight is 109 g/mol. The molecule has 8 heavy (non-hydrogen) atoms. The van der Waals surface area contributed by atoms with Gasteiger partial charge in [0.2, 0.25) is 0 Å². The van der Waals surface area contributed by atoms with Gasteiger partial charge in [0.15, 0.2) is 0 Å². The third-order valence-electron chi connectivity index (χ3n) is 1.16. The van der Waals surface area contributed by atoms with Crippen LogP contribution in [-0.4, -0.2) is 9.78 Å². The van der Waals surface area contributed by atoms with E-state index >= 15 is 0 Å². The molecule has 0 aromatic carbocycles. The third kappa shape index (κ3) is 0.735. The maximum atomic E-state index is 3.93. The normalized spacial score (nSPS) is 9.75. The van der Waals surface area contributed by atoms with Crippen LogP contribution >= 0.6 is 0 Å². The van der Waals surface area contributed by atoms with Crippen molar-refractivity contribution in [2.24, 2.45) is 0 Å². The van der Waals surface area contributed by atoms with Gasteiger partial charge >= 0.3 is 0 Å².